The second-order valence-corrected chi connectivity index (χ2v) is 5.75. The summed E-state index contributed by atoms with van der Waals surface area (Å²) in [5, 5.41) is 3.21. The smallest absolute Gasteiger partial charge is 0.314 e. The average molecular weight is 378 g/mol. The Labute approximate surface area is 151 Å². The fourth-order valence-corrected chi connectivity index (χ4v) is 2.57. The Morgan fingerprint density at radius 1 is 1.15 bits per heavy atom. The molecule has 0 spiro atoms. The number of rotatable bonds is 4. The van der Waals surface area contributed by atoms with Gasteiger partial charge in [0.15, 0.2) is 0 Å². The van der Waals surface area contributed by atoms with Gasteiger partial charge in [0.25, 0.3) is 17.5 Å². The van der Waals surface area contributed by atoms with Gasteiger partial charge < -0.3 is 5.32 Å². The number of pyridine rings is 1. The SMILES string of the molecule is O=C(N[C@]1(C(F)(F)F)NC(=O)N(Cc2ccccc2)C1=O)c1cccnc1. The van der Waals surface area contributed by atoms with Crippen LogP contribution in [0.4, 0.5) is 18.0 Å². The van der Waals surface area contributed by atoms with E-state index in [2.05, 4.69) is 4.98 Å². The largest absolute Gasteiger partial charge is 0.440 e. The molecule has 10 heteroatoms. The van der Waals surface area contributed by atoms with Crippen LogP contribution in [0.15, 0.2) is 54.9 Å². The van der Waals surface area contributed by atoms with E-state index in [0.717, 1.165) is 6.20 Å². The van der Waals surface area contributed by atoms with Crippen LogP contribution < -0.4 is 10.6 Å². The van der Waals surface area contributed by atoms with E-state index in [9.17, 15) is 27.6 Å². The Morgan fingerprint density at radius 2 is 1.85 bits per heavy atom. The summed E-state index contributed by atoms with van der Waals surface area (Å²) < 4.78 is 41.2. The molecule has 140 valence electrons. The molecule has 0 radical (unpaired) electrons. The van der Waals surface area contributed by atoms with E-state index in [1.807, 2.05) is 0 Å². The molecule has 0 saturated carbocycles. The maximum absolute atomic E-state index is 13.7. The lowest BCUT2D eigenvalue weighted by atomic mass is 10.1. The van der Waals surface area contributed by atoms with Gasteiger partial charge in [-0.1, -0.05) is 30.3 Å². The fraction of sp³-hybridized carbons (Fsp3) is 0.176. The number of imide groups is 1. The topological polar surface area (TPSA) is 91.4 Å². The quantitative estimate of drug-likeness (QED) is 0.794. The Balaban J connectivity index is 1.92. The Bertz CT molecular complexity index is 874. The highest BCUT2D eigenvalue weighted by Crippen LogP contribution is 2.34. The number of hydrogen-bond acceptors (Lipinski definition) is 4. The first kappa shape index (κ1) is 18.4. The van der Waals surface area contributed by atoms with Crippen molar-refractivity contribution in [2.75, 3.05) is 0 Å². The van der Waals surface area contributed by atoms with Gasteiger partial charge in [0.05, 0.1) is 12.1 Å². The minimum absolute atomic E-state index is 0.190. The standard InChI is InChI=1S/C17H13F3N4O3/c18-17(19,20)16(22-13(25)12-7-4-8-21-9-12)14(26)24(15(27)23-16)10-11-5-2-1-3-6-11/h1-9H,10H2,(H,22,25)(H,23,27)/t16-/m0/s1. The van der Waals surface area contributed by atoms with Gasteiger partial charge in [-0.3, -0.25) is 24.8 Å². The molecule has 7 nitrogen and oxygen atoms in total. The highest BCUT2D eigenvalue weighted by atomic mass is 19.4. The Morgan fingerprint density at radius 3 is 2.44 bits per heavy atom. The van der Waals surface area contributed by atoms with Gasteiger partial charge in [-0.15, -0.1) is 0 Å². The molecular weight excluding hydrogens is 365 g/mol. The molecule has 2 aromatic rings. The maximum atomic E-state index is 13.7. The first-order valence-electron chi connectivity index (χ1n) is 7.72. The third-order valence-electron chi connectivity index (χ3n) is 3.94. The summed E-state index contributed by atoms with van der Waals surface area (Å²) in [5.41, 5.74) is -3.28. The van der Waals surface area contributed by atoms with Crippen LogP contribution in [0.2, 0.25) is 0 Å². The molecule has 2 N–H and O–H groups in total. The number of hydrogen-bond donors (Lipinski definition) is 2. The van der Waals surface area contributed by atoms with Gasteiger partial charge in [-0.2, -0.15) is 13.2 Å². The van der Waals surface area contributed by atoms with Crippen molar-refractivity contribution in [2.45, 2.75) is 18.4 Å². The number of amides is 4. The molecule has 1 fully saturated rings. The van der Waals surface area contributed by atoms with Gasteiger partial charge in [0.1, 0.15) is 0 Å². The van der Waals surface area contributed by atoms with Crippen LogP contribution in [0.1, 0.15) is 15.9 Å². The number of alkyl halides is 3. The van der Waals surface area contributed by atoms with E-state index in [1.165, 1.54) is 18.3 Å². The van der Waals surface area contributed by atoms with E-state index in [0.29, 0.717) is 10.5 Å². The number of urea groups is 1. The van der Waals surface area contributed by atoms with E-state index in [1.54, 1.807) is 41.0 Å². The first-order valence-corrected chi connectivity index (χ1v) is 7.72. The number of nitrogens with one attached hydrogen (secondary N) is 2. The highest BCUT2D eigenvalue weighted by molar-refractivity contribution is 6.10. The molecule has 3 rings (SSSR count). The zero-order valence-corrected chi connectivity index (χ0v) is 13.7. The number of nitrogens with zero attached hydrogens (tertiary/aromatic N) is 2. The molecule has 1 aromatic carbocycles. The second kappa shape index (κ2) is 6.71. The summed E-state index contributed by atoms with van der Waals surface area (Å²) in [6.45, 7) is -0.369. The summed E-state index contributed by atoms with van der Waals surface area (Å²) in [4.78, 5) is 40.9. The average Bonchev–Trinajstić information content (AvgIpc) is 2.88. The lowest BCUT2D eigenvalue weighted by molar-refractivity contribution is -0.200. The van der Waals surface area contributed by atoms with Crippen LogP contribution in [0.5, 0.6) is 0 Å². The van der Waals surface area contributed by atoms with E-state index in [-0.39, 0.29) is 12.1 Å². The van der Waals surface area contributed by atoms with E-state index in [4.69, 9.17) is 0 Å². The fourth-order valence-electron chi connectivity index (χ4n) is 2.57. The summed E-state index contributed by atoms with van der Waals surface area (Å²) in [6, 6.07) is 9.37. The predicted molar refractivity (Wildman–Crippen MR) is 86.0 cm³/mol. The molecule has 27 heavy (non-hydrogen) atoms. The number of benzene rings is 1. The van der Waals surface area contributed by atoms with Gasteiger partial charge in [0, 0.05) is 12.4 Å². The Hall–Kier alpha value is -3.43. The molecular formula is C17H13F3N4O3. The normalized spacial score (nSPS) is 19.7. The lowest BCUT2D eigenvalue weighted by Crippen LogP contribution is -2.69. The van der Waals surface area contributed by atoms with Crippen molar-refractivity contribution >= 4 is 17.8 Å². The molecule has 2 heterocycles. The summed E-state index contributed by atoms with van der Waals surface area (Å²) >= 11 is 0. The monoisotopic (exact) mass is 378 g/mol. The number of aromatic nitrogens is 1. The summed E-state index contributed by atoms with van der Waals surface area (Å²) in [7, 11) is 0. The van der Waals surface area contributed by atoms with E-state index >= 15 is 0 Å². The van der Waals surface area contributed by atoms with Crippen molar-refractivity contribution in [1.29, 1.82) is 0 Å². The predicted octanol–water partition coefficient (Wildman–Crippen LogP) is 1.82. The van der Waals surface area contributed by atoms with Crippen molar-refractivity contribution in [3.8, 4) is 0 Å². The van der Waals surface area contributed by atoms with Crippen LogP contribution in [-0.4, -0.2) is 39.6 Å². The maximum Gasteiger partial charge on any atom is 0.440 e. The molecule has 1 aliphatic heterocycles. The van der Waals surface area contributed by atoms with Crippen molar-refractivity contribution in [3.05, 3.63) is 66.0 Å². The Kier molecular flexibility index (Phi) is 4.56. The molecule has 1 aliphatic rings. The van der Waals surface area contributed by atoms with Crippen LogP contribution in [0, 0.1) is 0 Å². The van der Waals surface area contributed by atoms with Gasteiger partial charge in [-0.25, -0.2) is 4.79 Å². The first-order chi connectivity index (χ1) is 12.7. The van der Waals surface area contributed by atoms with Crippen molar-refractivity contribution in [1.82, 2.24) is 20.5 Å². The molecule has 0 bridgehead atoms. The number of carbonyl (C=O) groups is 3. The van der Waals surface area contributed by atoms with Gasteiger partial charge in [-0.05, 0) is 17.7 Å². The molecule has 4 amide bonds. The highest BCUT2D eigenvalue weighted by Gasteiger charge is 2.68. The minimum atomic E-state index is -5.26. The third kappa shape index (κ3) is 3.33. The summed E-state index contributed by atoms with van der Waals surface area (Å²) in [5.74, 6) is -2.81. The van der Waals surface area contributed by atoms with Gasteiger partial charge >= 0.3 is 12.2 Å². The molecule has 1 saturated heterocycles. The van der Waals surface area contributed by atoms with Crippen LogP contribution in [0.25, 0.3) is 0 Å². The summed E-state index contributed by atoms with van der Waals surface area (Å²) in [6.07, 6.45) is -2.88. The number of halogens is 3. The van der Waals surface area contributed by atoms with Crippen LogP contribution >= 0.6 is 0 Å². The van der Waals surface area contributed by atoms with Crippen molar-refractivity contribution in [2.24, 2.45) is 0 Å². The minimum Gasteiger partial charge on any atom is -0.314 e. The second-order valence-electron chi connectivity index (χ2n) is 5.75. The van der Waals surface area contributed by atoms with Crippen LogP contribution in [0.3, 0.4) is 0 Å². The van der Waals surface area contributed by atoms with Gasteiger partial charge in [0.2, 0.25) is 0 Å². The molecule has 0 unspecified atom stereocenters. The molecule has 1 aromatic heterocycles. The lowest BCUT2D eigenvalue weighted by Gasteiger charge is -2.29. The molecule has 1 atom stereocenters. The zero-order valence-electron chi connectivity index (χ0n) is 13.7. The third-order valence-corrected chi connectivity index (χ3v) is 3.94. The zero-order chi connectivity index (χ0) is 19.7. The van der Waals surface area contributed by atoms with Crippen molar-refractivity contribution in [3.63, 3.8) is 0 Å². The van der Waals surface area contributed by atoms with Crippen LogP contribution in [-0.2, 0) is 11.3 Å². The van der Waals surface area contributed by atoms with Crippen molar-refractivity contribution < 1.29 is 27.6 Å². The molecule has 0 aliphatic carbocycles. The number of carbonyl (C=O) groups excluding carboxylic acids is 3. The van der Waals surface area contributed by atoms with E-state index < -0.39 is 29.7 Å².